The Bertz CT molecular complexity index is 823. The fourth-order valence-electron chi connectivity index (χ4n) is 2.61. The van der Waals surface area contributed by atoms with Crippen LogP contribution >= 0.6 is 0 Å². The lowest BCUT2D eigenvalue weighted by Crippen LogP contribution is -2.36. The van der Waals surface area contributed by atoms with Gasteiger partial charge in [-0.2, -0.15) is 0 Å². The number of rotatable bonds is 6. The maximum atomic E-state index is 13.0. The summed E-state index contributed by atoms with van der Waals surface area (Å²) in [5.41, 5.74) is 2.68. The topological polar surface area (TPSA) is 45.2 Å². The lowest BCUT2D eigenvalue weighted by molar-refractivity contribution is 0.209. The Hall–Kier alpha value is -3.21. The SMILES string of the molecule is O=C(Nc1ccc(F)cc1)N(CCc1ccccc1)Cc1cccnc1. The number of carbonyl (C=O) groups excluding carboxylic acids is 1. The Morgan fingerprint density at radius 1 is 0.962 bits per heavy atom. The van der Waals surface area contributed by atoms with E-state index < -0.39 is 0 Å². The second-order valence-electron chi connectivity index (χ2n) is 5.96. The number of carbonyl (C=O) groups is 1. The molecule has 2 amide bonds. The quantitative estimate of drug-likeness (QED) is 0.712. The summed E-state index contributed by atoms with van der Waals surface area (Å²) >= 11 is 0. The number of nitrogens with one attached hydrogen (secondary N) is 1. The van der Waals surface area contributed by atoms with Crippen LogP contribution in [-0.2, 0) is 13.0 Å². The first-order chi connectivity index (χ1) is 12.7. The summed E-state index contributed by atoms with van der Waals surface area (Å²) in [5.74, 6) is -0.334. The number of aromatic nitrogens is 1. The lowest BCUT2D eigenvalue weighted by Gasteiger charge is -2.23. The second kappa shape index (κ2) is 8.76. The molecule has 3 aromatic rings. The molecular formula is C21H20FN3O. The Kier molecular flexibility index (Phi) is 5.93. The van der Waals surface area contributed by atoms with Crippen molar-refractivity contribution < 1.29 is 9.18 Å². The molecule has 2 aromatic carbocycles. The maximum absolute atomic E-state index is 13.0. The molecule has 0 spiro atoms. The largest absolute Gasteiger partial charge is 0.322 e. The monoisotopic (exact) mass is 349 g/mol. The van der Waals surface area contributed by atoms with E-state index in [1.54, 1.807) is 29.4 Å². The summed E-state index contributed by atoms with van der Waals surface area (Å²) in [6, 6.07) is 19.3. The minimum atomic E-state index is -0.334. The van der Waals surface area contributed by atoms with Crippen LogP contribution in [-0.4, -0.2) is 22.5 Å². The highest BCUT2D eigenvalue weighted by atomic mass is 19.1. The highest BCUT2D eigenvalue weighted by Crippen LogP contribution is 2.12. The number of hydrogen-bond donors (Lipinski definition) is 1. The molecule has 0 atom stereocenters. The lowest BCUT2D eigenvalue weighted by atomic mass is 10.1. The van der Waals surface area contributed by atoms with Crippen LogP contribution in [0.25, 0.3) is 0 Å². The summed E-state index contributed by atoms with van der Waals surface area (Å²) < 4.78 is 13.0. The molecule has 0 aliphatic heterocycles. The predicted octanol–water partition coefficient (Wildman–Crippen LogP) is 4.50. The number of benzene rings is 2. The molecule has 0 aliphatic carbocycles. The van der Waals surface area contributed by atoms with Crippen molar-refractivity contribution in [2.24, 2.45) is 0 Å². The number of hydrogen-bond acceptors (Lipinski definition) is 2. The third-order valence-electron chi connectivity index (χ3n) is 3.99. The first-order valence-corrected chi connectivity index (χ1v) is 8.45. The van der Waals surface area contributed by atoms with Gasteiger partial charge in [-0.05, 0) is 47.9 Å². The molecule has 0 unspecified atom stereocenters. The van der Waals surface area contributed by atoms with Crippen LogP contribution in [0.15, 0.2) is 79.1 Å². The fourth-order valence-corrected chi connectivity index (χ4v) is 2.61. The van der Waals surface area contributed by atoms with Crippen molar-refractivity contribution >= 4 is 11.7 Å². The molecule has 0 saturated heterocycles. The minimum Gasteiger partial charge on any atom is -0.320 e. The van der Waals surface area contributed by atoms with Crippen LogP contribution < -0.4 is 5.32 Å². The molecule has 1 N–H and O–H groups in total. The number of amides is 2. The van der Waals surface area contributed by atoms with Gasteiger partial charge in [0.1, 0.15) is 5.82 Å². The van der Waals surface area contributed by atoms with Gasteiger partial charge in [-0.3, -0.25) is 4.98 Å². The molecule has 0 saturated carbocycles. The normalized spacial score (nSPS) is 10.3. The maximum Gasteiger partial charge on any atom is 0.322 e. The molecule has 26 heavy (non-hydrogen) atoms. The number of urea groups is 1. The number of nitrogens with zero attached hydrogens (tertiary/aromatic N) is 2. The van der Waals surface area contributed by atoms with E-state index in [1.807, 2.05) is 42.5 Å². The van der Waals surface area contributed by atoms with Gasteiger partial charge in [0.2, 0.25) is 0 Å². The van der Waals surface area contributed by atoms with E-state index in [0.717, 1.165) is 12.0 Å². The van der Waals surface area contributed by atoms with Crippen molar-refractivity contribution in [1.82, 2.24) is 9.88 Å². The number of anilines is 1. The summed E-state index contributed by atoms with van der Waals surface area (Å²) in [7, 11) is 0. The second-order valence-corrected chi connectivity index (χ2v) is 5.96. The van der Waals surface area contributed by atoms with E-state index in [1.165, 1.54) is 17.7 Å². The van der Waals surface area contributed by atoms with E-state index in [4.69, 9.17) is 0 Å². The van der Waals surface area contributed by atoms with Crippen LogP contribution in [0.3, 0.4) is 0 Å². The third kappa shape index (κ3) is 5.14. The van der Waals surface area contributed by atoms with Crippen LogP contribution in [0, 0.1) is 5.82 Å². The minimum absolute atomic E-state index is 0.226. The highest BCUT2D eigenvalue weighted by Gasteiger charge is 2.14. The van der Waals surface area contributed by atoms with Crippen LogP contribution in [0.2, 0.25) is 0 Å². The predicted molar refractivity (Wildman–Crippen MR) is 100 cm³/mol. The summed E-state index contributed by atoms with van der Waals surface area (Å²) in [5, 5.41) is 2.83. The molecule has 0 aliphatic rings. The first-order valence-electron chi connectivity index (χ1n) is 8.45. The highest BCUT2D eigenvalue weighted by molar-refractivity contribution is 5.89. The van der Waals surface area contributed by atoms with Crippen molar-refractivity contribution in [3.05, 3.63) is 96.1 Å². The van der Waals surface area contributed by atoms with Crippen LogP contribution in [0.4, 0.5) is 14.9 Å². The van der Waals surface area contributed by atoms with Crippen molar-refractivity contribution in [3.63, 3.8) is 0 Å². The van der Waals surface area contributed by atoms with Gasteiger partial charge in [0.05, 0.1) is 0 Å². The van der Waals surface area contributed by atoms with Crippen molar-refractivity contribution in [1.29, 1.82) is 0 Å². The fraction of sp³-hybridized carbons (Fsp3) is 0.143. The first kappa shape index (κ1) is 17.6. The molecule has 5 heteroatoms. The molecular weight excluding hydrogens is 329 g/mol. The summed E-state index contributed by atoms with van der Waals surface area (Å²) in [6.45, 7) is 1.01. The Morgan fingerprint density at radius 3 is 2.38 bits per heavy atom. The molecule has 132 valence electrons. The average molecular weight is 349 g/mol. The smallest absolute Gasteiger partial charge is 0.320 e. The van der Waals surface area contributed by atoms with Crippen molar-refractivity contribution in [3.8, 4) is 0 Å². The summed E-state index contributed by atoms with van der Waals surface area (Å²) in [4.78, 5) is 18.6. The van der Waals surface area contributed by atoms with Crippen LogP contribution in [0.5, 0.6) is 0 Å². The average Bonchev–Trinajstić information content (AvgIpc) is 2.68. The van der Waals surface area contributed by atoms with E-state index in [2.05, 4.69) is 10.3 Å². The zero-order valence-corrected chi connectivity index (χ0v) is 14.3. The molecule has 4 nitrogen and oxygen atoms in total. The molecule has 0 bridgehead atoms. The molecule has 3 rings (SSSR count). The van der Waals surface area contributed by atoms with Gasteiger partial charge in [0.15, 0.2) is 0 Å². The Morgan fingerprint density at radius 2 is 1.69 bits per heavy atom. The van der Waals surface area contributed by atoms with E-state index in [0.29, 0.717) is 18.8 Å². The Balaban J connectivity index is 1.70. The van der Waals surface area contributed by atoms with Gasteiger partial charge >= 0.3 is 6.03 Å². The van der Waals surface area contributed by atoms with E-state index >= 15 is 0 Å². The summed E-state index contributed by atoms with van der Waals surface area (Å²) in [6.07, 6.45) is 4.20. The number of pyridine rings is 1. The molecule has 0 fully saturated rings. The standard InChI is InChI=1S/C21H20FN3O/c22-19-8-10-20(11-9-19)24-21(26)25(16-18-7-4-13-23-15-18)14-12-17-5-2-1-3-6-17/h1-11,13,15H,12,14,16H2,(H,24,26). The van der Waals surface area contributed by atoms with E-state index in [-0.39, 0.29) is 11.8 Å². The third-order valence-corrected chi connectivity index (χ3v) is 3.99. The Labute approximate surface area is 152 Å². The zero-order valence-electron chi connectivity index (χ0n) is 14.3. The van der Waals surface area contributed by atoms with Gasteiger partial charge in [0, 0.05) is 31.2 Å². The van der Waals surface area contributed by atoms with Gasteiger partial charge in [-0.15, -0.1) is 0 Å². The molecule has 1 aromatic heterocycles. The van der Waals surface area contributed by atoms with Crippen LogP contribution in [0.1, 0.15) is 11.1 Å². The zero-order chi connectivity index (χ0) is 18.2. The van der Waals surface area contributed by atoms with Gasteiger partial charge in [-0.25, -0.2) is 9.18 Å². The van der Waals surface area contributed by atoms with Gasteiger partial charge in [-0.1, -0.05) is 36.4 Å². The van der Waals surface area contributed by atoms with E-state index in [9.17, 15) is 9.18 Å². The van der Waals surface area contributed by atoms with Gasteiger partial charge in [0.25, 0.3) is 0 Å². The molecule has 0 radical (unpaired) electrons. The van der Waals surface area contributed by atoms with Crippen molar-refractivity contribution in [2.75, 3.05) is 11.9 Å². The molecule has 1 heterocycles. The van der Waals surface area contributed by atoms with Crippen molar-refractivity contribution in [2.45, 2.75) is 13.0 Å². The number of halogens is 1. The van der Waals surface area contributed by atoms with Gasteiger partial charge < -0.3 is 10.2 Å².